The van der Waals surface area contributed by atoms with E-state index in [4.69, 9.17) is 0 Å². The number of nitrogens with zero attached hydrogens (tertiary/aromatic N) is 1. The van der Waals surface area contributed by atoms with E-state index in [2.05, 4.69) is 10.0 Å². The molecule has 2 amide bonds. The smallest absolute Gasteiger partial charge is 0.240 e. The normalized spacial score (nSPS) is 17.8. The fourth-order valence-electron chi connectivity index (χ4n) is 3.20. The van der Waals surface area contributed by atoms with Gasteiger partial charge in [-0.05, 0) is 49.4 Å². The Morgan fingerprint density at radius 2 is 1.92 bits per heavy atom. The number of fused-ring (bicyclic) bond motifs is 1. The maximum atomic E-state index is 12.4. The van der Waals surface area contributed by atoms with Crippen molar-refractivity contribution >= 4 is 27.5 Å². The predicted molar refractivity (Wildman–Crippen MR) is 93.6 cm³/mol. The van der Waals surface area contributed by atoms with Crippen LogP contribution in [0.2, 0.25) is 0 Å². The molecule has 136 valence electrons. The molecule has 2 N–H and O–H groups in total. The molecule has 0 bridgehead atoms. The maximum absolute atomic E-state index is 12.4. The zero-order valence-corrected chi connectivity index (χ0v) is 14.9. The lowest BCUT2D eigenvalue weighted by molar-refractivity contribution is -0.131. The molecule has 2 aliphatic heterocycles. The van der Waals surface area contributed by atoms with E-state index in [0.29, 0.717) is 18.5 Å². The van der Waals surface area contributed by atoms with Crippen molar-refractivity contribution in [1.29, 1.82) is 0 Å². The van der Waals surface area contributed by atoms with Crippen molar-refractivity contribution in [2.75, 3.05) is 25.0 Å². The number of carbonyl (C=O) groups excluding carboxylic acids is 2. The molecule has 3 rings (SSSR count). The summed E-state index contributed by atoms with van der Waals surface area (Å²) >= 11 is 0. The quantitative estimate of drug-likeness (QED) is 0.821. The van der Waals surface area contributed by atoms with E-state index in [9.17, 15) is 18.0 Å². The maximum Gasteiger partial charge on any atom is 0.240 e. The molecule has 8 heteroatoms. The Labute approximate surface area is 147 Å². The van der Waals surface area contributed by atoms with Crippen molar-refractivity contribution in [3.8, 4) is 0 Å². The van der Waals surface area contributed by atoms with E-state index < -0.39 is 10.0 Å². The largest absolute Gasteiger partial charge is 0.343 e. The number of sulfonamides is 1. The summed E-state index contributed by atoms with van der Waals surface area (Å²) in [5, 5.41) is 2.73. The molecular weight excluding hydrogens is 342 g/mol. The molecule has 1 aromatic rings. The van der Waals surface area contributed by atoms with Crippen LogP contribution in [0, 0.1) is 0 Å². The van der Waals surface area contributed by atoms with Crippen LogP contribution < -0.4 is 10.0 Å². The van der Waals surface area contributed by atoms with Gasteiger partial charge in [0.05, 0.1) is 4.90 Å². The van der Waals surface area contributed by atoms with Crippen molar-refractivity contribution in [3.63, 3.8) is 0 Å². The van der Waals surface area contributed by atoms with Crippen LogP contribution in [0.1, 0.15) is 37.7 Å². The van der Waals surface area contributed by atoms with Crippen molar-refractivity contribution < 1.29 is 18.0 Å². The highest BCUT2D eigenvalue weighted by molar-refractivity contribution is 7.89. The first-order valence-corrected chi connectivity index (χ1v) is 10.1. The van der Waals surface area contributed by atoms with Crippen molar-refractivity contribution in [2.45, 2.75) is 43.4 Å². The second-order valence-corrected chi connectivity index (χ2v) is 8.22. The van der Waals surface area contributed by atoms with E-state index in [0.717, 1.165) is 37.9 Å². The van der Waals surface area contributed by atoms with Crippen molar-refractivity contribution in [3.05, 3.63) is 23.8 Å². The number of likely N-dealkylation sites (tertiary alicyclic amines) is 1. The number of carbonyl (C=O) groups is 2. The third-order valence-electron chi connectivity index (χ3n) is 4.62. The molecule has 2 aliphatic rings. The minimum atomic E-state index is -3.67. The third kappa shape index (κ3) is 4.38. The van der Waals surface area contributed by atoms with Gasteiger partial charge >= 0.3 is 0 Å². The summed E-state index contributed by atoms with van der Waals surface area (Å²) in [6.07, 6.45) is 4.23. The molecule has 2 heterocycles. The Morgan fingerprint density at radius 3 is 2.68 bits per heavy atom. The van der Waals surface area contributed by atoms with Crippen LogP contribution in [0.5, 0.6) is 0 Å². The first-order chi connectivity index (χ1) is 12.0. The monoisotopic (exact) mass is 365 g/mol. The van der Waals surface area contributed by atoms with Crippen molar-refractivity contribution in [1.82, 2.24) is 9.62 Å². The number of rotatable bonds is 5. The molecule has 0 unspecified atom stereocenters. The molecule has 0 radical (unpaired) electrons. The lowest BCUT2D eigenvalue weighted by atomic mass is 10.0. The van der Waals surface area contributed by atoms with E-state index in [1.165, 1.54) is 6.07 Å². The third-order valence-corrected chi connectivity index (χ3v) is 6.08. The molecule has 1 saturated heterocycles. The zero-order chi connectivity index (χ0) is 17.9. The van der Waals surface area contributed by atoms with E-state index >= 15 is 0 Å². The Bertz CT molecular complexity index is 770. The highest BCUT2D eigenvalue weighted by Gasteiger charge is 2.21. The average Bonchev–Trinajstić information content (AvgIpc) is 2.61. The molecule has 0 aliphatic carbocycles. The fraction of sp³-hybridized carbons (Fsp3) is 0.529. The Morgan fingerprint density at radius 1 is 1.16 bits per heavy atom. The summed E-state index contributed by atoms with van der Waals surface area (Å²) in [7, 11) is -3.67. The van der Waals surface area contributed by atoms with Crippen LogP contribution in [0.4, 0.5) is 5.69 Å². The van der Waals surface area contributed by atoms with Gasteiger partial charge in [-0.3, -0.25) is 9.59 Å². The van der Waals surface area contributed by atoms with Gasteiger partial charge in [-0.25, -0.2) is 13.1 Å². The summed E-state index contributed by atoms with van der Waals surface area (Å²) in [5.41, 5.74) is 1.47. The van der Waals surface area contributed by atoms with Crippen LogP contribution in [-0.4, -0.2) is 44.8 Å². The van der Waals surface area contributed by atoms with Gasteiger partial charge in [0.2, 0.25) is 21.8 Å². The molecule has 7 nitrogen and oxygen atoms in total. The van der Waals surface area contributed by atoms with Gasteiger partial charge in [-0.2, -0.15) is 0 Å². The Kier molecular flexibility index (Phi) is 5.39. The lowest BCUT2D eigenvalue weighted by Crippen LogP contribution is -2.37. The molecular formula is C17H23N3O4S. The summed E-state index contributed by atoms with van der Waals surface area (Å²) in [6.45, 7) is 1.62. The van der Waals surface area contributed by atoms with Crippen molar-refractivity contribution in [2.24, 2.45) is 0 Å². The number of amides is 2. The predicted octanol–water partition coefficient (Wildman–Crippen LogP) is 1.25. The van der Waals surface area contributed by atoms with Crippen LogP contribution in [-0.2, 0) is 26.0 Å². The van der Waals surface area contributed by atoms with Crippen LogP contribution in [0.25, 0.3) is 0 Å². The van der Waals surface area contributed by atoms with E-state index in [1.54, 1.807) is 17.0 Å². The average molecular weight is 365 g/mol. The summed E-state index contributed by atoms with van der Waals surface area (Å²) in [4.78, 5) is 25.4. The standard InChI is InChI=1S/C17H23N3O4S/c21-16-7-4-13-12-14(5-6-15(13)19-16)25(23,24)18-9-8-17(22)20-10-2-1-3-11-20/h5-6,12,18H,1-4,7-11H2,(H,19,21). The first kappa shape index (κ1) is 17.9. The molecule has 1 fully saturated rings. The highest BCUT2D eigenvalue weighted by Crippen LogP contribution is 2.25. The van der Waals surface area contributed by atoms with Gasteiger partial charge in [0.15, 0.2) is 0 Å². The minimum Gasteiger partial charge on any atom is -0.343 e. The summed E-state index contributed by atoms with van der Waals surface area (Å²) in [5.74, 6) is -0.0620. The summed E-state index contributed by atoms with van der Waals surface area (Å²) in [6, 6.07) is 4.67. The van der Waals surface area contributed by atoms with Gasteiger partial charge in [0.25, 0.3) is 0 Å². The number of aryl methyl sites for hydroxylation is 1. The fourth-order valence-corrected chi connectivity index (χ4v) is 4.29. The number of anilines is 1. The van der Waals surface area contributed by atoms with Gasteiger partial charge in [0.1, 0.15) is 0 Å². The van der Waals surface area contributed by atoms with E-state index in [-0.39, 0.29) is 29.7 Å². The molecule has 0 aromatic heterocycles. The van der Waals surface area contributed by atoms with Crippen LogP contribution in [0.3, 0.4) is 0 Å². The number of hydrogen-bond acceptors (Lipinski definition) is 4. The number of piperidine rings is 1. The molecule has 25 heavy (non-hydrogen) atoms. The first-order valence-electron chi connectivity index (χ1n) is 8.66. The van der Waals surface area contributed by atoms with E-state index in [1.807, 2.05) is 0 Å². The lowest BCUT2D eigenvalue weighted by Gasteiger charge is -2.26. The number of benzene rings is 1. The Balaban J connectivity index is 1.58. The molecule has 0 saturated carbocycles. The van der Waals surface area contributed by atoms with Gasteiger partial charge in [-0.1, -0.05) is 0 Å². The zero-order valence-electron chi connectivity index (χ0n) is 14.1. The Hall–Kier alpha value is -1.93. The van der Waals surface area contributed by atoms with Gasteiger partial charge in [-0.15, -0.1) is 0 Å². The second-order valence-electron chi connectivity index (χ2n) is 6.46. The van der Waals surface area contributed by atoms with Crippen LogP contribution >= 0.6 is 0 Å². The molecule has 0 spiro atoms. The molecule has 1 aromatic carbocycles. The summed E-state index contributed by atoms with van der Waals surface area (Å²) < 4.78 is 27.3. The number of nitrogens with one attached hydrogen (secondary N) is 2. The topological polar surface area (TPSA) is 95.6 Å². The van der Waals surface area contributed by atoms with Gasteiger partial charge in [0, 0.05) is 38.2 Å². The highest BCUT2D eigenvalue weighted by atomic mass is 32.2. The second kappa shape index (κ2) is 7.53. The molecule has 0 atom stereocenters. The van der Waals surface area contributed by atoms with Gasteiger partial charge < -0.3 is 10.2 Å². The number of hydrogen-bond donors (Lipinski definition) is 2. The minimum absolute atomic E-state index is 0.00412. The van der Waals surface area contributed by atoms with Crippen LogP contribution in [0.15, 0.2) is 23.1 Å². The SMILES string of the molecule is O=C1CCc2cc(S(=O)(=O)NCCC(=O)N3CCCCC3)ccc2N1.